The summed E-state index contributed by atoms with van der Waals surface area (Å²) < 4.78 is 32.1. The van der Waals surface area contributed by atoms with Crippen LogP contribution in [-0.4, -0.2) is 44.3 Å². The quantitative estimate of drug-likeness (QED) is 0.701. The third kappa shape index (κ3) is 4.91. The van der Waals surface area contributed by atoms with Gasteiger partial charge in [-0.15, -0.1) is 0 Å². The summed E-state index contributed by atoms with van der Waals surface area (Å²) in [5, 5.41) is 2.61. The number of nitrogens with zero attached hydrogens (tertiary/aromatic N) is 1. The van der Waals surface area contributed by atoms with E-state index in [2.05, 4.69) is 5.32 Å². The second kappa shape index (κ2) is 8.61. The van der Waals surface area contributed by atoms with Gasteiger partial charge in [0, 0.05) is 18.8 Å². The summed E-state index contributed by atoms with van der Waals surface area (Å²) in [6.45, 7) is 1.62. The number of ether oxygens (including phenoxy) is 1. The van der Waals surface area contributed by atoms with Crippen LogP contribution in [0.4, 0.5) is 5.69 Å². The number of rotatable bonds is 7. The molecule has 0 unspecified atom stereocenters. The molecule has 0 bridgehead atoms. The Bertz CT molecular complexity index is 816. The largest absolute Gasteiger partial charge is 0.455 e. The number of hydrogen-bond acceptors (Lipinski definition) is 5. The monoisotopic (exact) mass is 408 g/mol. The van der Waals surface area contributed by atoms with Crippen LogP contribution in [0.5, 0.6) is 0 Å². The molecule has 2 atom stereocenters. The van der Waals surface area contributed by atoms with Crippen LogP contribution in [0.2, 0.25) is 0 Å². The Kier molecular flexibility index (Phi) is 6.40. The summed E-state index contributed by atoms with van der Waals surface area (Å²) in [7, 11) is -1.93. The van der Waals surface area contributed by atoms with Crippen LogP contribution in [-0.2, 0) is 24.3 Å². The van der Waals surface area contributed by atoms with Gasteiger partial charge in [-0.3, -0.25) is 9.59 Å². The molecule has 2 aliphatic rings. The zero-order chi connectivity index (χ0) is 20.3. The van der Waals surface area contributed by atoms with Gasteiger partial charge in [-0.1, -0.05) is 26.2 Å². The Morgan fingerprint density at radius 2 is 1.75 bits per heavy atom. The van der Waals surface area contributed by atoms with E-state index in [9.17, 15) is 18.0 Å². The van der Waals surface area contributed by atoms with Gasteiger partial charge in [0.2, 0.25) is 10.0 Å². The van der Waals surface area contributed by atoms with Gasteiger partial charge < -0.3 is 10.1 Å². The minimum Gasteiger partial charge on any atom is -0.455 e. The molecule has 28 heavy (non-hydrogen) atoms. The van der Waals surface area contributed by atoms with E-state index in [0.717, 1.165) is 38.5 Å². The van der Waals surface area contributed by atoms with Crippen molar-refractivity contribution in [3.05, 3.63) is 24.3 Å². The Hall–Kier alpha value is -1.93. The second-order valence-corrected chi connectivity index (χ2v) is 9.81. The van der Waals surface area contributed by atoms with Gasteiger partial charge in [0.1, 0.15) is 0 Å². The van der Waals surface area contributed by atoms with E-state index in [1.165, 1.54) is 16.4 Å². The van der Waals surface area contributed by atoms with E-state index in [1.54, 1.807) is 19.2 Å². The van der Waals surface area contributed by atoms with Gasteiger partial charge in [-0.25, -0.2) is 8.42 Å². The molecule has 8 heteroatoms. The first-order valence-corrected chi connectivity index (χ1v) is 11.3. The number of esters is 1. The van der Waals surface area contributed by atoms with E-state index in [4.69, 9.17) is 4.74 Å². The maximum absolute atomic E-state index is 12.8. The SMILES string of the molecule is C[C@@H]1C[C@@H]1C(=O)OCC(=O)Nc1ccc(S(=O)(=O)N(C)C2CCCCC2)cc1. The van der Waals surface area contributed by atoms with Crippen LogP contribution in [0.15, 0.2) is 29.2 Å². The van der Waals surface area contributed by atoms with Gasteiger partial charge >= 0.3 is 5.97 Å². The molecule has 1 amide bonds. The van der Waals surface area contributed by atoms with Crippen LogP contribution >= 0.6 is 0 Å². The third-order valence-corrected chi connectivity index (χ3v) is 7.59. The highest BCUT2D eigenvalue weighted by atomic mass is 32.2. The van der Waals surface area contributed by atoms with E-state index in [0.29, 0.717) is 11.6 Å². The first kappa shape index (κ1) is 20.8. The Morgan fingerprint density at radius 1 is 1.14 bits per heavy atom. The topological polar surface area (TPSA) is 92.8 Å². The van der Waals surface area contributed by atoms with Crippen LogP contribution in [0.25, 0.3) is 0 Å². The molecule has 154 valence electrons. The average Bonchev–Trinajstić information content (AvgIpc) is 3.43. The first-order valence-electron chi connectivity index (χ1n) is 9.83. The molecule has 3 rings (SSSR count). The van der Waals surface area contributed by atoms with E-state index < -0.39 is 15.9 Å². The first-order chi connectivity index (χ1) is 13.3. The highest BCUT2D eigenvalue weighted by Crippen LogP contribution is 2.38. The summed E-state index contributed by atoms with van der Waals surface area (Å²) in [6, 6.07) is 6.11. The number of sulfonamides is 1. The lowest BCUT2D eigenvalue weighted by atomic mass is 9.96. The number of nitrogens with one attached hydrogen (secondary N) is 1. The van der Waals surface area contributed by atoms with E-state index in [1.807, 2.05) is 6.92 Å². The fourth-order valence-electron chi connectivity index (χ4n) is 3.61. The Morgan fingerprint density at radius 3 is 2.32 bits per heavy atom. The second-order valence-electron chi connectivity index (χ2n) is 7.81. The van der Waals surface area contributed by atoms with Crippen molar-refractivity contribution >= 4 is 27.6 Å². The van der Waals surface area contributed by atoms with Crippen molar-refractivity contribution in [1.29, 1.82) is 0 Å². The molecule has 0 radical (unpaired) electrons. The number of carbonyl (C=O) groups is 2. The van der Waals surface area contributed by atoms with Gasteiger partial charge in [0.25, 0.3) is 5.91 Å². The zero-order valence-corrected chi connectivity index (χ0v) is 17.2. The Labute approximate surface area is 166 Å². The number of anilines is 1. The van der Waals surface area contributed by atoms with Crippen molar-refractivity contribution in [3.63, 3.8) is 0 Å². The number of benzene rings is 1. The van der Waals surface area contributed by atoms with Crippen molar-refractivity contribution < 1.29 is 22.7 Å². The van der Waals surface area contributed by atoms with E-state index in [-0.39, 0.29) is 29.4 Å². The van der Waals surface area contributed by atoms with Crippen molar-refractivity contribution in [2.75, 3.05) is 19.0 Å². The molecule has 1 N–H and O–H groups in total. The van der Waals surface area contributed by atoms with Crippen molar-refractivity contribution in [3.8, 4) is 0 Å². The lowest BCUT2D eigenvalue weighted by Crippen LogP contribution is -2.38. The highest BCUT2D eigenvalue weighted by molar-refractivity contribution is 7.89. The van der Waals surface area contributed by atoms with Gasteiger partial charge in [-0.2, -0.15) is 4.31 Å². The number of hydrogen-bond donors (Lipinski definition) is 1. The van der Waals surface area contributed by atoms with Gasteiger partial charge in [-0.05, 0) is 49.4 Å². The molecule has 2 aliphatic carbocycles. The molecule has 0 saturated heterocycles. The summed E-state index contributed by atoms with van der Waals surface area (Å²) in [6.07, 6.45) is 5.86. The average molecular weight is 409 g/mol. The fraction of sp³-hybridized carbons (Fsp3) is 0.600. The molecule has 2 saturated carbocycles. The third-order valence-electron chi connectivity index (χ3n) is 5.66. The van der Waals surface area contributed by atoms with Crippen LogP contribution in [0.3, 0.4) is 0 Å². The van der Waals surface area contributed by atoms with Crippen molar-refractivity contribution in [2.45, 2.75) is 56.4 Å². The maximum Gasteiger partial charge on any atom is 0.309 e. The number of amides is 1. The van der Waals surface area contributed by atoms with E-state index >= 15 is 0 Å². The lowest BCUT2D eigenvalue weighted by Gasteiger charge is -2.30. The molecular weight excluding hydrogens is 380 g/mol. The minimum absolute atomic E-state index is 0.0435. The van der Waals surface area contributed by atoms with Crippen LogP contribution in [0.1, 0.15) is 45.4 Å². The normalized spacial score (nSPS) is 22.7. The molecule has 0 aliphatic heterocycles. The maximum atomic E-state index is 12.8. The fourth-order valence-corrected chi connectivity index (χ4v) is 5.02. The van der Waals surface area contributed by atoms with Crippen molar-refractivity contribution in [2.24, 2.45) is 11.8 Å². The van der Waals surface area contributed by atoms with Crippen LogP contribution in [0, 0.1) is 11.8 Å². The summed E-state index contributed by atoms with van der Waals surface area (Å²) >= 11 is 0. The van der Waals surface area contributed by atoms with Gasteiger partial charge in [0.15, 0.2) is 6.61 Å². The Balaban J connectivity index is 1.54. The molecular formula is C20H28N2O5S. The van der Waals surface area contributed by atoms with Crippen LogP contribution < -0.4 is 5.32 Å². The summed E-state index contributed by atoms with van der Waals surface area (Å²) in [4.78, 5) is 23.8. The lowest BCUT2D eigenvalue weighted by molar-refractivity contribution is -0.148. The molecule has 7 nitrogen and oxygen atoms in total. The molecule has 1 aromatic rings. The molecule has 0 heterocycles. The van der Waals surface area contributed by atoms with Gasteiger partial charge in [0.05, 0.1) is 10.8 Å². The molecule has 1 aromatic carbocycles. The standard InChI is InChI=1S/C20H28N2O5S/c1-14-12-18(14)20(24)27-13-19(23)21-15-8-10-17(11-9-15)28(25,26)22(2)16-6-4-3-5-7-16/h8-11,14,16,18H,3-7,12-13H2,1-2H3,(H,21,23)/t14-,18+/m1/s1. The predicted molar refractivity (Wildman–Crippen MR) is 105 cm³/mol. The minimum atomic E-state index is -3.56. The van der Waals surface area contributed by atoms with Crippen molar-refractivity contribution in [1.82, 2.24) is 4.31 Å². The molecule has 0 aromatic heterocycles. The molecule has 2 fully saturated rings. The predicted octanol–water partition coefficient (Wildman–Crippen LogP) is 2.78. The highest BCUT2D eigenvalue weighted by Gasteiger charge is 2.40. The number of carbonyl (C=O) groups excluding carboxylic acids is 2. The smallest absolute Gasteiger partial charge is 0.309 e. The summed E-state index contributed by atoms with van der Waals surface area (Å²) in [5.74, 6) is -0.540. The molecule has 0 spiro atoms. The summed E-state index contributed by atoms with van der Waals surface area (Å²) in [5.41, 5.74) is 0.458. The zero-order valence-electron chi connectivity index (χ0n) is 16.4.